The van der Waals surface area contributed by atoms with Gasteiger partial charge < -0.3 is 15.0 Å². The zero-order valence-corrected chi connectivity index (χ0v) is 21.4. The van der Waals surface area contributed by atoms with Crippen molar-refractivity contribution in [1.82, 2.24) is 34.4 Å². The van der Waals surface area contributed by atoms with Crippen LogP contribution in [0.5, 0.6) is 5.88 Å². The highest BCUT2D eigenvalue weighted by atomic mass is 32.1. The number of aromatic amines is 2. The number of hydrogen-bond acceptors (Lipinski definition) is 8. The average Bonchev–Trinajstić information content (AvgIpc) is 3.25. The standard InChI is InChI=1S/C25H30N8O2S/c1-14(32-7-6-18(12-32)31(2)3)21-9-16(13-36-21)19-10-22(27-17-4-5-17)33-23(28-19)15(11-26-33)8-20-24(34)30-25(35)29-20/h8-11,13-14,17-18,34H,4-7,12H2,1-3H3,(H2,29,30,35)/b15-8-,27-22?. The predicted octanol–water partition coefficient (Wildman–Crippen LogP) is 1.49. The van der Waals surface area contributed by atoms with Gasteiger partial charge in [-0.3, -0.25) is 14.9 Å². The quantitative estimate of drug-likeness (QED) is 0.365. The molecule has 2 fully saturated rings. The highest BCUT2D eigenvalue weighted by Crippen LogP contribution is 2.33. The summed E-state index contributed by atoms with van der Waals surface area (Å²) in [7, 11) is 4.32. The summed E-state index contributed by atoms with van der Waals surface area (Å²) in [4.78, 5) is 32.5. The molecule has 4 aromatic heterocycles. The normalized spacial score (nSPS) is 20.8. The number of fused-ring (bicyclic) bond motifs is 1. The average molecular weight is 507 g/mol. The van der Waals surface area contributed by atoms with E-state index in [-0.39, 0.29) is 11.6 Å². The molecule has 0 bridgehead atoms. The van der Waals surface area contributed by atoms with Gasteiger partial charge >= 0.3 is 5.69 Å². The molecular formula is C25H30N8O2S. The molecule has 2 aliphatic rings. The monoisotopic (exact) mass is 506 g/mol. The van der Waals surface area contributed by atoms with Gasteiger partial charge in [-0.25, -0.2) is 9.78 Å². The molecule has 0 amide bonds. The maximum atomic E-state index is 11.6. The Hall–Kier alpha value is -3.28. The van der Waals surface area contributed by atoms with Crippen LogP contribution in [0.15, 0.2) is 33.5 Å². The number of nitrogens with one attached hydrogen (secondary N) is 2. The van der Waals surface area contributed by atoms with Crippen LogP contribution in [0.2, 0.25) is 0 Å². The number of aromatic hydroxyl groups is 1. The SMILES string of the molecule is CC(c1cc(-c2cc(=NC3CC3)n3nc/c(=C/c4[nH]c(=O)[nH]c4O)c3n2)cs1)N1CCC(N(C)C)C1. The van der Waals surface area contributed by atoms with Crippen molar-refractivity contribution >= 4 is 23.1 Å². The van der Waals surface area contributed by atoms with Crippen molar-refractivity contribution in [3.05, 3.63) is 55.5 Å². The van der Waals surface area contributed by atoms with Crippen LogP contribution in [0.1, 0.15) is 42.8 Å². The highest BCUT2D eigenvalue weighted by Gasteiger charge is 2.28. The van der Waals surface area contributed by atoms with Crippen molar-refractivity contribution in [2.24, 2.45) is 4.99 Å². The lowest BCUT2D eigenvalue weighted by molar-refractivity contribution is 0.230. The smallest absolute Gasteiger partial charge is 0.326 e. The fraction of sp³-hybridized carbons (Fsp3) is 0.440. The molecule has 4 aromatic rings. The molecule has 0 aromatic carbocycles. The molecule has 11 heteroatoms. The molecule has 10 nitrogen and oxygen atoms in total. The summed E-state index contributed by atoms with van der Waals surface area (Å²) in [6.07, 6.45) is 6.72. The second-order valence-electron chi connectivity index (χ2n) is 10.00. The van der Waals surface area contributed by atoms with Gasteiger partial charge in [0.25, 0.3) is 0 Å². The second kappa shape index (κ2) is 8.99. The number of nitrogens with zero attached hydrogens (tertiary/aromatic N) is 6. The molecule has 1 aliphatic heterocycles. The van der Waals surface area contributed by atoms with E-state index in [4.69, 9.17) is 9.98 Å². The molecule has 1 aliphatic carbocycles. The summed E-state index contributed by atoms with van der Waals surface area (Å²) >= 11 is 1.77. The zero-order chi connectivity index (χ0) is 25.0. The van der Waals surface area contributed by atoms with Crippen LogP contribution < -0.4 is 16.4 Å². The Kier molecular flexibility index (Phi) is 5.78. The van der Waals surface area contributed by atoms with Gasteiger partial charge in [0.15, 0.2) is 11.1 Å². The molecule has 2 atom stereocenters. The number of imidazole rings is 1. The number of aromatic nitrogens is 5. The Bertz CT molecular complexity index is 1590. The van der Waals surface area contributed by atoms with Gasteiger partial charge in [0.1, 0.15) is 5.69 Å². The van der Waals surface area contributed by atoms with Crippen LogP contribution in [0.4, 0.5) is 0 Å². The molecule has 6 rings (SSSR count). The van der Waals surface area contributed by atoms with E-state index in [9.17, 15) is 9.90 Å². The second-order valence-corrected chi connectivity index (χ2v) is 10.9. The molecule has 1 saturated heterocycles. The molecule has 2 unspecified atom stereocenters. The van der Waals surface area contributed by atoms with Crippen LogP contribution in [0.25, 0.3) is 23.0 Å². The fourth-order valence-electron chi connectivity index (χ4n) is 4.77. The first-order valence-electron chi connectivity index (χ1n) is 12.3. The Morgan fingerprint density at radius 3 is 2.81 bits per heavy atom. The molecule has 5 heterocycles. The first kappa shape index (κ1) is 23.1. The largest absolute Gasteiger partial charge is 0.493 e. The minimum atomic E-state index is -0.469. The third-order valence-electron chi connectivity index (χ3n) is 7.18. The Morgan fingerprint density at radius 1 is 1.28 bits per heavy atom. The van der Waals surface area contributed by atoms with Crippen molar-refractivity contribution in [1.29, 1.82) is 0 Å². The van der Waals surface area contributed by atoms with Crippen LogP contribution in [0, 0.1) is 0 Å². The maximum Gasteiger partial charge on any atom is 0.326 e. The van der Waals surface area contributed by atoms with Crippen LogP contribution in [-0.4, -0.2) is 78.7 Å². The third kappa shape index (κ3) is 4.38. The summed E-state index contributed by atoms with van der Waals surface area (Å²) in [6, 6.07) is 5.52. The number of likely N-dealkylation sites (tertiary alicyclic amines) is 1. The van der Waals surface area contributed by atoms with Crippen LogP contribution in [0.3, 0.4) is 0 Å². The first-order chi connectivity index (χ1) is 17.4. The van der Waals surface area contributed by atoms with Gasteiger partial charge in [-0.1, -0.05) is 0 Å². The molecule has 36 heavy (non-hydrogen) atoms. The van der Waals surface area contributed by atoms with E-state index in [1.807, 2.05) is 6.07 Å². The van der Waals surface area contributed by atoms with Crippen molar-refractivity contribution < 1.29 is 5.11 Å². The van der Waals surface area contributed by atoms with E-state index >= 15 is 0 Å². The van der Waals surface area contributed by atoms with E-state index in [2.05, 4.69) is 57.3 Å². The molecule has 0 spiro atoms. The number of hydrogen-bond donors (Lipinski definition) is 3. The minimum absolute atomic E-state index is 0.215. The number of likely N-dealkylation sites (N-methyl/N-ethyl adjacent to an activating group) is 1. The van der Waals surface area contributed by atoms with Crippen LogP contribution >= 0.6 is 11.3 Å². The van der Waals surface area contributed by atoms with E-state index in [0.29, 0.717) is 29.0 Å². The molecule has 3 N–H and O–H groups in total. The Balaban J connectivity index is 1.40. The van der Waals surface area contributed by atoms with Gasteiger partial charge in [0.2, 0.25) is 5.88 Å². The maximum absolute atomic E-state index is 11.6. The predicted molar refractivity (Wildman–Crippen MR) is 139 cm³/mol. The molecule has 188 valence electrons. The summed E-state index contributed by atoms with van der Waals surface area (Å²) < 4.78 is 1.73. The highest BCUT2D eigenvalue weighted by molar-refractivity contribution is 7.10. The lowest BCUT2D eigenvalue weighted by Gasteiger charge is -2.25. The Labute approximate surface area is 211 Å². The molecular weight excluding hydrogens is 476 g/mol. The number of H-pyrrole nitrogens is 2. The van der Waals surface area contributed by atoms with Gasteiger partial charge in [0.05, 0.1) is 17.9 Å². The van der Waals surface area contributed by atoms with Gasteiger partial charge in [-0.15, -0.1) is 11.3 Å². The van der Waals surface area contributed by atoms with Crippen molar-refractivity contribution in [3.8, 4) is 17.1 Å². The minimum Gasteiger partial charge on any atom is -0.493 e. The number of rotatable bonds is 6. The first-order valence-corrected chi connectivity index (χ1v) is 13.2. The van der Waals surface area contributed by atoms with Crippen molar-refractivity contribution in [3.63, 3.8) is 0 Å². The van der Waals surface area contributed by atoms with Gasteiger partial charge in [-0.2, -0.15) is 9.61 Å². The summed E-state index contributed by atoms with van der Waals surface area (Å²) in [5, 5.41) is 17.4. The third-order valence-corrected chi connectivity index (χ3v) is 8.28. The van der Waals surface area contributed by atoms with Crippen molar-refractivity contribution in [2.75, 3.05) is 27.2 Å². The Morgan fingerprint density at radius 2 is 2.11 bits per heavy atom. The van der Waals surface area contributed by atoms with E-state index in [1.54, 1.807) is 28.1 Å². The molecule has 0 radical (unpaired) electrons. The zero-order valence-electron chi connectivity index (χ0n) is 20.6. The van der Waals surface area contributed by atoms with E-state index in [0.717, 1.165) is 42.7 Å². The lowest BCUT2D eigenvalue weighted by atomic mass is 10.1. The van der Waals surface area contributed by atoms with Gasteiger partial charge in [0, 0.05) is 52.3 Å². The van der Waals surface area contributed by atoms with Gasteiger partial charge in [-0.05, 0) is 52.4 Å². The number of thiophene rings is 1. The summed E-state index contributed by atoms with van der Waals surface area (Å²) in [5.74, 6) is -0.215. The van der Waals surface area contributed by atoms with E-state index < -0.39 is 5.69 Å². The van der Waals surface area contributed by atoms with E-state index in [1.165, 1.54) is 11.3 Å². The van der Waals surface area contributed by atoms with Crippen molar-refractivity contribution in [2.45, 2.75) is 44.3 Å². The fourth-order valence-corrected chi connectivity index (χ4v) is 5.76. The molecule has 1 saturated carbocycles. The lowest BCUT2D eigenvalue weighted by Crippen LogP contribution is -2.32. The topological polar surface area (TPSA) is 118 Å². The summed E-state index contributed by atoms with van der Waals surface area (Å²) in [5.41, 5.74) is 3.11. The summed E-state index contributed by atoms with van der Waals surface area (Å²) in [6.45, 7) is 4.47. The van der Waals surface area contributed by atoms with Crippen LogP contribution in [-0.2, 0) is 0 Å².